The molecule has 0 aliphatic carbocycles. The number of benzene rings is 1. The lowest BCUT2D eigenvalue weighted by atomic mass is 10.2. The number of thiazole rings is 1. The van der Waals surface area contributed by atoms with Crippen LogP contribution in [0.2, 0.25) is 0 Å². The van der Waals surface area contributed by atoms with Crippen LogP contribution in [0.25, 0.3) is 0 Å². The van der Waals surface area contributed by atoms with Gasteiger partial charge >= 0.3 is 0 Å². The molecular weight excluding hydrogens is 342 g/mol. The molecule has 1 heterocycles. The quantitative estimate of drug-likeness (QED) is 0.818. The number of amides is 2. The van der Waals surface area contributed by atoms with E-state index in [9.17, 15) is 9.59 Å². The van der Waals surface area contributed by atoms with E-state index in [-0.39, 0.29) is 11.8 Å². The van der Waals surface area contributed by atoms with Crippen molar-refractivity contribution in [2.45, 2.75) is 13.3 Å². The highest BCUT2D eigenvalue weighted by Gasteiger charge is 2.17. The Morgan fingerprint density at radius 2 is 1.84 bits per heavy atom. The van der Waals surface area contributed by atoms with Crippen LogP contribution in [0.1, 0.15) is 34.2 Å². The molecule has 0 saturated heterocycles. The van der Waals surface area contributed by atoms with Gasteiger partial charge in [-0.15, -0.1) is 11.3 Å². The lowest BCUT2D eigenvalue weighted by molar-refractivity contribution is 0.0790. The predicted molar refractivity (Wildman–Crippen MR) is 96.9 cm³/mol. The lowest BCUT2D eigenvalue weighted by Gasteiger charge is -2.13. The van der Waals surface area contributed by atoms with Gasteiger partial charge in [-0.25, -0.2) is 4.98 Å². The Balaban J connectivity index is 2.13. The summed E-state index contributed by atoms with van der Waals surface area (Å²) in [5.74, 6) is 0.510. The summed E-state index contributed by atoms with van der Waals surface area (Å²) in [6.45, 7) is 2.65. The monoisotopic (exact) mass is 363 g/mol. The molecule has 25 heavy (non-hydrogen) atoms. The number of carbonyl (C=O) groups excluding carboxylic acids is 2. The van der Waals surface area contributed by atoms with Crippen molar-refractivity contribution in [1.29, 1.82) is 0 Å². The second kappa shape index (κ2) is 8.48. The van der Waals surface area contributed by atoms with Crippen LogP contribution in [0.3, 0.4) is 0 Å². The molecule has 0 bridgehead atoms. The minimum Gasteiger partial charge on any atom is -0.497 e. The fourth-order valence-electron chi connectivity index (χ4n) is 2.17. The second-order valence-corrected chi connectivity index (χ2v) is 6.18. The van der Waals surface area contributed by atoms with E-state index in [4.69, 9.17) is 9.47 Å². The van der Waals surface area contributed by atoms with Crippen LogP contribution in [-0.4, -0.2) is 49.5 Å². The van der Waals surface area contributed by atoms with Gasteiger partial charge in [-0.05, 0) is 18.6 Å². The Hall–Kier alpha value is -2.61. The number of carbonyl (C=O) groups is 2. The van der Waals surface area contributed by atoms with Gasteiger partial charge < -0.3 is 14.4 Å². The van der Waals surface area contributed by atoms with Crippen LogP contribution >= 0.6 is 11.3 Å². The third kappa shape index (κ3) is 4.69. The molecule has 2 amide bonds. The maximum Gasteiger partial charge on any atom is 0.273 e. The van der Waals surface area contributed by atoms with Gasteiger partial charge in [0.25, 0.3) is 11.8 Å². The van der Waals surface area contributed by atoms with Gasteiger partial charge in [-0.3, -0.25) is 14.9 Å². The maximum atomic E-state index is 12.4. The van der Waals surface area contributed by atoms with Gasteiger partial charge in [0.2, 0.25) is 0 Å². The number of hydrogen-bond acceptors (Lipinski definition) is 6. The highest BCUT2D eigenvalue weighted by molar-refractivity contribution is 7.14. The molecule has 0 spiro atoms. The first kappa shape index (κ1) is 18.7. The number of ether oxygens (including phenoxy) is 2. The van der Waals surface area contributed by atoms with Crippen molar-refractivity contribution in [1.82, 2.24) is 9.88 Å². The zero-order valence-electron chi connectivity index (χ0n) is 14.7. The fraction of sp³-hybridized carbons (Fsp3) is 0.353. The van der Waals surface area contributed by atoms with Crippen molar-refractivity contribution in [2.24, 2.45) is 0 Å². The largest absolute Gasteiger partial charge is 0.497 e. The molecule has 0 radical (unpaired) electrons. The Kier molecular flexibility index (Phi) is 6.35. The van der Waals surface area contributed by atoms with Gasteiger partial charge in [-0.1, -0.05) is 6.92 Å². The molecule has 1 N–H and O–H groups in total. The Labute approximate surface area is 150 Å². The first-order valence-electron chi connectivity index (χ1n) is 7.73. The Morgan fingerprint density at radius 3 is 2.40 bits per heavy atom. The molecule has 0 aliphatic rings. The van der Waals surface area contributed by atoms with E-state index in [0.29, 0.717) is 34.4 Å². The van der Waals surface area contributed by atoms with Crippen LogP contribution in [-0.2, 0) is 0 Å². The molecule has 8 heteroatoms. The summed E-state index contributed by atoms with van der Waals surface area (Å²) in [7, 11) is 4.76. The molecule has 134 valence electrons. The van der Waals surface area contributed by atoms with Crippen molar-refractivity contribution in [2.75, 3.05) is 33.1 Å². The number of hydrogen-bond donors (Lipinski definition) is 1. The highest BCUT2D eigenvalue weighted by Crippen LogP contribution is 2.24. The zero-order chi connectivity index (χ0) is 18.4. The third-order valence-corrected chi connectivity index (χ3v) is 4.22. The Bertz CT molecular complexity index is 738. The van der Waals surface area contributed by atoms with Crippen molar-refractivity contribution >= 4 is 28.3 Å². The average molecular weight is 363 g/mol. The first-order valence-corrected chi connectivity index (χ1v) is 8.61. The highest BCUT2D eigenvalue weighted by atomic mass is 32.1. The number of aromatic nitrogens is 1. The van der Waals surface area contributed by atoms with Gasteiger partial charge in [0.1, 0.15) is 17.2 Å². The van der Waals surface area contributed by atoms with Gasteiger partial charge in [0.05, 0.1) is 14.2 Å². The summed E-state index contributed by atoms with van der Waals surface area (Å²) < 4.78 is 10.3. The molecule has 1 aromatic carbocycles. The standard InChI is InChI=1S/C17H21N3O4S/c1-5-6-20(2)16(22)14-10-25-17(18-14)19-15(21)11-7-12(23-3)9-13(8-11)24-4/h7-10H,5-6H2,1-4H3,(H,18,19,21). The lowest BCUT2D eigenvalue weighted by Crippen LogP contribution is -2.27. The van der Waals surface area contributed by atoms with E-state index in [2.05, 4.69) is 10.3 Å². The SMILES string of the molecule is CCCN(C)C(=O)c1csc(NC(=O)c2cc(OC)cc(OC)c2)n1. The van der Waals surface area contributed by atoms with Gasteiger partial charge in [0.15, 0.2) is 5.13 Å². The molecule has 0 unspecified atom stereocenters. The van der Waals surface area contributed by atoms with Crippen molar-refractivity contribution < 1.29 is 19.1 Å². The first-order chi connectivity index (χ1) is 12.0. The summed E-state index contributed by atoms with van der Waals surface area (Å²) >= 11 is 1.20. The van der Waals surface area contributed by atoms with E-state index in [1.54, 1.807) is 35.5 Å². The van der Waals surface area contributed by atoms with Crippen LogP contribution < -0.4 is 14.8 Å². The molecule has 7 nitrogen and oxygen atoms in total. The topological polar surface area (TPSA) is 80.8 Å². The number of rotatable bonds is 7. The Morgan fingerprint density at radius 1 is 1.20 bits per heavy atom. The van der Waals surface area contributed by atoms with Gasteiger partial charge in [0, 0.05) is 30.6 Å². The second-order valence-electron chi connectivity index (χ2n) is 5.32. The minimum absolute atomic E-state index is 0.165. The van der Waals surface area contributed by atoms with Crippen LogP contribution in [0, 0.1) is 0 Å². The molecule has 0 aliphatic heterocycles. The molecular formula is C17H21N3O4S. The van der Waals surface area contributed by atoms with Crippen molar-refractivity contribution in [3.63, 3.8) is 0 Å². The van der Waals surface area contributed by atoms with Crippen molar-refractivity contribution in [3.05, 3.63) is 34.8 Å². The summed E-state index contributed by atoms with van der Waals surface area (Å²) in [6.07, 6.45) is 0.869. The summed E-state index contributed by atoms with van der Waals surface area (Å²) in [4.78, 5) is 30.4. The van der Waals surface area contributed by atoms with Crippen LogP contribution in [0.4, 0.5) is 5.13 Å². The normalized spacial score (nSPS) is 10.2. The van der Waals surface area contributed by atoms with Gasteiger partial charge in [-0.2, -0.15) is 0 Å². The fourth-order valence-corrected chi connectivity index (χ4v) is 2.85. The molecule has 0 atom stereocenters. The van der Waals surface area contributed by atoms with Crippen LogP contribution in [0.15, 0.2) is 23.6 Å². The summed E-state index contributed by atoms with van der Waals surface area (Å²) in [5.41, 5.74) is 0.696. The molecule has 2 aromatic rings. The molecule has 0 fully saturated rings. The summed E-state index contributed by atoms with van der Waals surface area (Å²) in [6, 6.07) is 4.89. The smallest absolute Gasteiger partial charge is 0.273 e. The molecule has 2 rings (SSSR count). The van der Waals surface area contributed by atoms with E-state index in [1.165, 1.54) is 25.6 Å². The zero-order valence-corrected chi connectivity index (χ0v) is 15.5. The van der Waals surface area contributed by atoms with Crippen LogP contribution in [0.5, 0.6) is 11.5 Å². The third-order valence-electron chi connectivity index (χ3n) is 3.46. The van der Waals surface area contributed by atoms with E-state index < -0.39 is 0 Å². The molecule has 0 saturated carbocycles. The number of anilines is 1. The maximum absolute atomic E-state index is 12.4. The molecule has 1 aromatic heterocycles. The summed E-state index contributed by atoms with van der Waals surface area (Å²) in [5, 5.41) is 4.69. The predicted octanol–water partition coefficient (Wildman–Crippen LogP) is 2.89. The van der Waals surface area contributed by atoms with E-state index in [1.807, 2.05) is 6.92 Å². The van der Waals surface area contributed by atoms with E-state index in [0.717, 1.165) is 6.42 Å². The minimum atomic E-state index is -0.354. The number of methoxy groups -OCH3 is 2. The number of nitrogens with one attached hydrogen (secondary N) is 1. The number of nitrogens with zero attached hydrogens (tertiary/aromatic N) is 2. The van der Waals surface area contributed by atoms with Crippen molar-refractivity contribution in [3.8, 4) is 11.5 Å². The average Bonchev–Trinajstić information content (AvgIpc) is 3.09. The van der Waals surface area contributed by atoms with E-state index >= 15 is 0 Å².